The Labute approximate surface area is 114 Å². The largest absolute Gasteiger partial charge is 0.417 e. The number of aryl methyl sites for hydroxylation is 1. The van der Waals surface area contributed by atoms with Crippen LogP contribution in [-0.4, -0.2) is 21.8 Å². The molecular formula is C13H15F3N4. The number of halogens is 3. The first-order valence-electron chi connectivity index (χ1n) is 6.19. The van der Waals surface area contributed by atoms with Crippen molar-refractivity contribution >= 4 is 0 Å². The summed E-state index contributed by atoms with van der Waals surface area (Å²) in [5.74, 6) is 0. The van der Waals surface area contributed by atoms with Gasteiger partial charge in [0, 0.05) is 18.9 Å². The van der Waals surface area contributed by atoms with Gasteiger partial charge < -0.3 is 5.32 Å². The zero-order valence-corrected chi connectivity index (χ0v) is 11.1. The predicted molar refractivity (Wildman–Crippen MR) is 68.0 cm³/mol. The van der Waals surface area contributed by atoms with Crippen molar-refractivity contribution in [3.63, 3.8) is 0 Å². The van der Waals surface area contributed by atoms with Crippen LogP contribution in [0, 0.1) is 0 Å². The van der Waals surface area contributed by atoms with Crippen molar-refractivity contribution in [1.29, 1.82) is 0 Å². The molecule has 2 aromatic heterocycles. The lowest BCUT2D eigenvalue weighted by molar-refractivity contribution is -0.137. The van der Waals surface area contributed by atoms with Crippen LogP contribution >= 0.6 is 0 Å². The fourth-order valence-electron chi connectivity index (χ4n) is 2.04. The fourth-order valence-corrected chi connectivity index (χ4v) is 2.04. The standard InChI is InChI=1S/C13H15F3N4/c1-3-20-11(6-7-19-20)12(17-2)10-5-4-9(8-18-10)13(14,15)16/h4-8,12,17H,3H2,1-2H3. The molecule has 0 saturated carbocycles. The lowest BCUT2D eigenvalue weighted by atomic mass is 10.1. The van der Waals surface area contributed by atoms with Gasteiger partial charge in [-0.15, -0.1) is 0 Å². The zero-order chi connectivity index (χ0) is 14.8. The highest BCUT2D eigenvalue weighted by molar-refractivity contribution is 5.25. The van der Waals surface area contributed by atoms with Crippen molar-refractivity contribution in [2.45, 2.75) is 25.7 Å². The Balaban J connectivity index is 2.33. The van der Waals surface area contributed by atoms with Crippen LogP contribution in [0.4, 0.5) is 13.2 Å². The van der Waals surface area contributed by atoms with Crippen LogP contribution in [0.15, 0.2) is 30.6 Å². The van der Waals surface area contributed by atoms with Crippen LogP contribution in [0.1, 0.15) is 29.9 Å². The summed E-state index contributed by atoms with van der Waals surface area (Å²) in [6.07, 6.45) is -1.86. The van der Waals surface area contributed by atoms with E-state index in [0.717, 1.165) is 18.0 Å². The second-order valence-corrected chi connectivity index (χ2v) is 4.26. The molecule has 0 bridgehead atoms. The van der Waals surface area contributed by atoms with E-state index in [4.69, 9.17) is 0 Å². The van der Waals surface area contributed by atoms with Gasteiger partial charge >= 0.3 is 6.18 Å². The number of nitrogens with zero attached hydrogens (tertiary/aromatic N) is 3. The summed E-state index contributed by atoms with van der Waals surface area (Å²) in [5, 5.41) is 7.20. The number of hydrogen-bond donors (Lipinski definition) is 1. The second-order valence-electron chi connectivity index (χ2n) is 4.26. The lowest BCUT2D eigenvalue weighted by Crippen LogP contribution is -2.22. The number of hydrogen-bond acceptors (Lipinski definition) is 3. The normalized spacial score (nSPS) is 13.4. The van der Waals surface area contributed by atoms with Gasteiger partial charge in [-0.05, 0) is 32.2 Å². The highest BCUT2D eigenvalue weighted by atomic mass is 19.4. The SMILES string of the molecule is CCn1nccc1C(NC)c1ccc(C(F)(F)F)cn1. The number of nitrogens with one attached hydrogen (secondary N) is 1. The fraction of sp³-hybridized carbons (Fsp3) is 0.385. The third-order valence-corrected chi connectivity index (χ3v) is 3.04. The zero-order valence-electron chi connectivity index (χ0n) is 11.1. The highest BCUT2D eigenvalue weighted by Crippen LogP contribution is 2.29. The van der Waals surface area contributed by atoms with Crippen molar-refractivity contribution in [3.05, 3.63) is 47.5 Å². The molecule has 2 aromatic rings. The van der Waals surface area contributed by atoms with Gasteiger partial charge in [0.25, 0.3) is 0 Å². The Morgan fingerprint density at radius 2 is 2.05 bits per heavy atom. The van der Waals surface area contributed by atoms with E-state index >= 15 is 0 Å². The van der Waals surface area contributed by atoms with Gasteiger partial charge in [0.2, 0.25) is 0 Å². The Bertz CT molecular complexity index is 560. The van der Waals surface area contributed by atoms with Gasteiger partial charge in [-0.1, -0.05) is 0 Å². The predicted octanol–water partition coefficient (Wildman–Crippen LogP) is 2.63. The van der Waals surface area contributed by atoms with Crippen molar-refractivity contribution < 1.29 is 13.2 Å². The second kappa shape index (κ2) is 5.62. The molecule has 0 aliphatic carbocycles. The molecule has 4 nitrogen and oxygen atoms in total. The first kappa shape index (κ1) is 14.5. The molecule has 0 amide bonds. The van der Waals surface area contributed by atoms with Crippen molar-refractivity contribution in [3.8, 4) is 0 Å². The molecule has 2 rings (SSSR count). The molecule has 0 aromatic carbocycles. The summed E-state index contributed by atoms with van der Waals surface area (Å²) in [4.78, 5) is 3.92. The Morgan fingerprint density at radius 3 is 2.55 bits per heavy atom. The number of aromatic nitrogens is 3. The van der Waals surface area contributed by atoms with E-state index in [-0.39, 0.29) is 6.04 Å². The van der Waals surface area contributed by atoms with Crippen molar-refractivity contribution in [2.24, 2.45) is 0 Å². The molecule has 0 radical (unpaired) electrons. The van der Waals surface area contributed by atoms with Crippen LogP contribution in [0.5, 0.6) is 0 Å². The van der Waals surface area contributed by atoms with E-state index in [9.17, 15) is 13.2 Å². The molecule has 1 atom stereocenters. The van der Waals surface area contributed by atoms with Gasteiger partial charge in [-0.3, -0.25) is 9.67 Å². The molecule has 20 heavy (non-hydrogen) atoms. The molecule has 0 fully saturated rings. The van der Waals surface area contributed by atoms with E-state index in [0.29, 0.717) is 12.2 Å². The molecule has 2 heterocycles. The molecular weight excluding hydrogens is 269 g/mol. The molecule has 0 saturated heterocycles. The van der Waals surface area contributed by atoms with Crippen LogP contribution in [0.3, 0.4) is 0 Å². The van der Waals surface area contributed by atoms with Gasteiger partial charge in [-0.2, -0.15) is 18.3 Å². The minimum Gasteiger partial charge on any atom is -0.307 e. The smallest absolute Gasteiger partial charge is 0.307 e. The topological polar surface area (TPSA) is 42.7 Å². The number of alkyl halides is 3. The van der Waals surface area contributed by atoms with Gasteiger partial charge in [0.1, 0.15) is 0 Å². The Kier molecular flexibility index (Phi) is 4.08. The molecule has 0 aliphatic heterocycles. The average molecular weight is 284 g/mol. The average Bonchev–Trinajstić information content (AvgIpc) is 2.87. The third kappa shape index (κ3) is 2.82. The van der Waals surface area contributed by atoms with Gasteiger partial charge in [0.05, 0.1) is 23.0 Å². The molecule has 0 spiro atoms. The number of pyridine rings is 1. The summed E-state index contributed by atoms with van der Waals surface area (Å²) in [7, 11) is 1.73. The highest BCUT2D eigenvalue weighted by Gasteiger charge is 2.31. The lowest BCUT2D eigenvalue weighted by Gasteiger charge is -2.17. The van der Waals surface area contributed by atoms with Crippen LogP contribution in [0.2, 0.25) is 0 Å². The maximum Gasteiger partial charge on any atom is 0.417 e. The van der Waals surface area contributed by atoms with Crippen LogP contribution < -0.4 is 5.32 Å². The Morgan fingerprint density at radius 1 is 1.30 bits per heavy atom. The summed E-state index contributed by atoms with van der Waals surface area (Å²) < 4.78 is 39.4. The summed E-state index contributed by atoms with van der Waals surface area (Å²) >= 11 is 0. The van der Waals surface area contributed by atoms with E-state index in [1.54, 1.807) is 17.9 Å². The summed E-state index contributed by atoms with van der Waals surface area (Å²) in [5.41, 5.74) is 0.637. The van der Waals surface area contributed by atoms with Crippen LogP contribution in [-0.2, 0) is 12.7 Å². The van der Waals surface area contributed by atoms with Crippen LogP contribution in [0.25, 0.3) is 0 Å². The van der Waals surface area contributed by atoms with Crippen molar-refractivity contribution in [2.75, 3.05) is 7.05 Å². The maximum atomic E-state index is 12.5. The van der Waals surface area contributed by atoms with Gasteiger partial charge in [0.15, 0.2) is 0 Å². The minimum absolute atomic E-state index is 0.292. The van der Waals surface area contributed by atoms with Crippen molar-refractivity contribution in [1.82, 2.24) is 20.1 Å². The molecule has 108 valence electrons. The summed E-state index contributed by atoms with van der Waals surface area (Å²) in [6, 6.07) is 3.96. The van der Waals surface area contributed by atoms with E-state index in [1.807, 2.05) is 13.0 Å². The van der Waals surface area contributed by atoms with E-state index in [1.165, 1.54) is 6.07 Å². The maximum absolute atomic E-state index is 12.5. The summed E-state index contributed by atoms with van der Waals surface area (Å²) in [6.45, 7) is 2.63. The van der Waals surface area contributed by atoms with Gasteiger partial charge in [-0.25, -0.2) is 0 Å². The quantitative estimate of drug-likeness (QED) is 0.938. The van der Waals surface area contributed by atoms with E-state index in [2.05, 4.69) is 15.4 Å². The first-order chi connectivity index (χ1) is 9.47. The number of rotatable bonds is 4. The first-order valence-corrected chi connectivity index (χ1v) is 6.19. The molecule has 1 N–H and O–H groups in total. The molecule has 1 unspecified atom stereocenters. The third-order valence-electron chi connectivity index (χ3n) is 3.04. The van der Waals surface area contributed by atoms with E-state index < -0.39 is 11.7 Å². The monoisotopic (exact) mass is 284 g/mol. The Hall–Kier alpha value is -1.89. The molecule has 7 heteroatoms. The minimum atomic E-state index is -4.37. The molecule has 0 aliphatic rings.